The molecule has 2 rings (SSSR count). The molecule has 0 aliphatic carbocycles. The third-order valence-corrected chi connectivity index (χ3v) is 4.26. The summed E-state index contributed by atoms with van der Waals surface area (Å²) in [4.78, 5) is 2.47. The zero-order valence-electron chi connectivity index (χ0n) is 12.7. The molecule has 112 valence electrons. The lowest BCUT2D eigenvalue weighted by Gasteiger charge is -2.31. The van der Waals surface area contributed by atoms with Crippen LogP contribution < -0.4 is 10.1 Å². The number of nitrogens with one attached hydrogen (secondary N) is 1. The van der Waals surface area contributed by atoms with Gasteiger partial charge in [0.15, 0.2) is 11.5 Å². The molecule has 1 aromatic carbocycles. The maximum Gasteiger partial charge on any atom is 0.160 e. The van der Waals surface area contributed by atoms with E-state index in [1.54, 1.807) is 13.2 Å². The van der Waals surface area contributed by atoms with E-state index in [0.29, 0.717) is 17.8 Å². The second kappa shape index (κ2) is 6.95. The van der Waals surface area contributed by atoms with Crippen molar-refractivity contribution in [3.63, 3.8) is 0 Å². The Hall–Kier alpha value is -1.26. The monoisotopic (exact) mass is 278 g/mol. The summed E-state index contributed by atoms with van der Waals surface area (Å²) in [6, 6.07) is 6.55. The van der Waals surface area contributed by atoms with E-state index < -0.39 is 0 Å². The van der Waals surface area contributed by atoms with Crippen LogP contribution in [-0.4, -0.2) is 42.8 Å². The fourth-order valence-electron chi connectivity index (χ4n) is 2.92. The molecule has 1 heterocycles. The standard InChI is InChI=1S/C16H26N2O2/c1-4-18(11-14-6-5-9-17-14)12(2)13-7-8-15(19)16(10-13)20-3/h7-8,10,12,14,17,19H,4-6,9,11H2,1-3H3. The number of aromatic hydroxyl groups is 1. The van der Waals surface area contributed by atoms with Gasteiger partial charge in [-0.05, 0) is 50.6 Å². The number of phenolic OH excluding ortho intramolecular Hbond substituents is 1. The molecule has 0 amide bonds. The van der Waals surface area contributed by atoms with Gasteiger partial charge < -0.3 is 15.2 Å². The van der Waals surface area contributed by atoms with Gasteiger partial charge in [-0.1, -0.05) is 13.0 Å². The lowest BCUT2D eigenvalue weighted by Crippen LogP contribution is -2.38. The van der Waals surface area contributed by atoms with E-state index in [4.69, 9.17) is 4.74 Å². The number of methoxy groups -OCH3 is 1. The molecule has 0 bridgehead atoms. The maximum atomic E-state index is 9.69. The highest BCUT2D eigenvalue weighted by Crippen LogP contribution is 2.31. The van der Waals surface area contributed by atoms with Crippen molar-refractivity contribution in [2.75, 3.05) is 26.7 Å². The molecule has 4 nitrogen and oxygen atoms in total. The Morgan fingerprint density at radius 2 is 2.30 bits per heavy atom. The Labute approximate surface area is 121 Å². The smallest absolute Gasteiger partial charge is 0.160 e. The van der Waals surface area contributed by atoms with Crippen LogP contribution in [-0.2, 0) is 0 Å². The minimum Gasteiger partial charge on any atom is -0.504 e. The molecule has 2 atom stereocenters. The predicted molar refractivity (Wildman–Crippen MR) is 81.3 cm³/mol. The molecule has 0 radical (unpaired) electrons. The fourth-order valence-corrected chi connectivity index (χ4v) is 2.92. The molecule has 20 heavy (non-hydrogen) atoms. The van der Waals surface area contributed by atoms with Crippen LogP contribution in [0.3, 0.4) is 0 Å². The van der Waals surface area contributed by atoms with E-state index in [0.717, 1.165) is 19.6 Å². The van der Waals surface area contributed by atoms with Crippen LogP contribution in [0.4, 0.5) is 0 Å². The van der Waals surface area contributed by atoms with Crippen LogP contribution in [0.25, 0.3) is 0 Å². The van der Waals surface area contributed by atoms with E-state index in [2.05, 4.69) is 24.1 Å². The van der Waals surface area contributed by atoms with Crippen LogP contribution in [0.1, 0.15) is 38.3 Å². The van der Waals surface area contributed by atoms with Gasteiger partial charge in [0.1, 0.15) is 0 Å². The van der Waals surface area contributed by atoms with E-state index in [9.17, 15) is 5.11 Å². The van der Waals surface area contributed by atoms with Gasteiger partial charge in [-0.15, -0.1) is 0 Å². The van der Waals surface area contributed by atoms with Crippen molar-refractivity contribution >= 4 is 0 Å². The second-order valence-electron chi connectivity index (χ2n) is 5.49. The molecular formula is C16H26N2O2. The molecule has 1 saturated heterocycles. The number of ether oxygens (including phenoxy) is 1. The number of phenols is 1. The maximum absolute atomic E-state index is 9.69. The molecular weight excluding hydrogens is 252 g/mol. The van der Waals surface area contributed by atoms with Crippen LogP contribution in [0.5, 0.6) is 11.5 Å². The molecule has 0 saturated carbocycles. The van der Waals surface area contributed by atoms with E-state index in [1.165, 1.54) is 18.4 Å². The van der Waals surface area contributed by atoms with Crippen molar-refractivity contribution in [2.45, 2.75) is 38.8 Å². The van der Waals surface area contributed by atoms with Crippen LogP contribution in [0.2, 0.25) is 0 Å². The minimum atomic E-state index is 0.198. The van der Waals surface area contributed by atoms with Gasteiger partial charge >= 0.3 is 0 Å². The summed E-state index contributed by atoms with van der Waals surface area (Å²) in [5.74, 6) is 0.744. The van der Waals surface area contributed by atoms with Crippen LogP contribution in [0.15, 0.2) is 18.2 Å². The first-order valence-corrected chi connectivity index (χ1v) is 7.50. The van der Waals surface area contributed by atoms with E-state index in [-0.39, 0.29) is 5.75 Å². The van der Waals surface area contributed by atoms with Crippen molar-refractivity contribution in [1.29, 1.82) is 0 Å². The average Bonchev–Trinajstić information content (AvgIpc) is 2.97. The highest BCUT2D eigenvalue weighted by Gasteiger charge is 2.21. The summed E-state index contributed by atoms with van der Waals surface area (Å²) in [5.41, 5.74) is 1.18. The number of rotatable bonds is 6. The van der Waals surface area contributed by atoms with E-state index >= 15 is 0 Å². The first kappa shape index (κ1) is 15.1. The van der Waals surface area contributed by atoms with Gasteiger partial charge in [-0.3, -0.25) is 4.90 Å². The van der Waals surface area contributed by atoms with Gasteiger partial charge in [0.05, 0.1) is 7.11 Å². The van der Waals surface area contributed by atoms with Crippen molar-refractivity contribution in [3.8, 4) is 11.5 Å². The zero-order chi connectivity index (χ0) is 14.5. The molecule has 4 heteroatoms. The highest BCUT2D eigenvalue weighted by atomic mass is 16.5. The Morgan fingerprint density at radius 3 is 2.90 bits per heavy atom. The molecule has 2 unspecified atom stereocenters. The molecule has 1 aromatic rings. The van der Waals surface area contributed by atoms with Gasteiger partial charge in [-0.2, -0.15) is 0 Å². The lowest BCUT2D eigenvalue weighted by molar-refractivity contribution is 0.202. The van der Waals surface area contributed by atoms with Crippen LogP contribution in [0, 0.1) is 0 Å². The third-order valence-electron chi connectivity index (χ3n) is 4.26. The molecule has 1 aliphatic heterocycles. The number of hydrogen-bond acceptors (Lipinski definition) is 4. The van der Waals surface area contributed by atoms with Gasteiger partial charge in [0.25, 0.3) is 0 Å². The number of hydrogen-bond donors (Lipinski definition) is 2. The van der Waals surface area contributed by atoms with Crippen molar-refractivity contribution < 1.29 is 9.84 Å². The molecule has 2 N–H and O–H groups in total. The van der Waals surface area contributed by atoms with Gasteiger partial charge in [-0.25, -0.2) is 0 Å². The summed E-state index contributed by atoms with van der Waals surface area (Å²) < 4.78 is 5.20. The molecule has 0 spiro atoms. The number of nitrogens with zero attached hydrogens (tertiary/aromatic N) is 1. The number of benzene rings is 1. The largest absolute Gasteiger partial charge is 0.504 e. The summed E-state index contributed by atoms with van der Waals surface area (Å²) >= 11 is 0. The summed E-state index contributed by atoms with van der Waals surface area (Å²) in [5, 5.41) is 13.2. The van der Waals surface area contributed by atoms with Crippen molar-refractivity contribution in [1.82, 2.24) is 10.2 Å². The lowest BCUT2D eigenvalue weighted by atomic mass is 10.0. The molecule has 1 fully saturated rings. The summed E-state index contributed by atoms with van der Waals surface area (Å²) in [7, 11) is 1.59. The topological polar surface area (TPSA) is 44.7 Å². The highest BCUT2D eigenvalue weighted by molar-refractivity contribution is 5.42. The fraction of sp³-hybridized carbons (Fsp3) is 0.625. The normalized spacial score (nSPS) is 20.3. The molecule has 1 aliphatic rings. The van der Waals surface area contributed by atoms with Gasteiger partial charge in [0.2, 0.25) is 0 Å². The first-order chi connectivity index (χ1) is 9.65. The second-order valence-corrected chi connectivity index (χ2v) is 5.49. The Morgan fingerprint density at radius 1 is 1.50 bits per heavy atom. The van der Waals surface area contributed by atoms with E-state index in [1.807, 2.05) is 12.1 Å². The number of likely N-dealkylation sites (N-methyl/N-ethyl adjacent to an activating group) is 1. The van der Waals surface area contributed by atoms with Crippen molar-refractivity contribution in [3.05, 3.63) is 23.8 Å². The first-order valence-electron chi connectivity index (χ1n) is 7.50. The Balaban J connectivity index is 2.08. The van der Waals surface area contributed by atoms with Gasteiger partial charge in [0, 0.05) is 18.6 Å². The predicted octanol–water partition coefficient (Wildman–Crippen LogP) is 2.54. The quantitative estimate of drug-likeness (QED) is 0.839. The van der Waals surface area contributed by atoms with Crippen molar-refractivity contribution in [2.24, 2.45) is 0 Å². The zero-order valence-corrected chi connectivity index (χ0v) is 12.7. The average molecular weight is 278 g/mol. The summed E-state index contributed by atoms with van der Waals surface area (Å²) in [6.07, 6.45) is 2.55. The molecule has 0 aromatic heterocycles. The van der Waals surface area contributed by atoms with Crippen LogP contribution >= 0.6 is 0 Å². The summed E-state index contributed by atoms with van der Waals surface area (Å²) in [6.45, 7) is 7.64. The Bertz CT molecular complexity index is 430. The Kier molecular flexibility index (Phi) is 5.26. The minimum absolute atomic E-state index is 0.198. The SMILES string of the molecule is CCN(CC1CCCN1)C(C)c1ccc(O)c(OC)c1. The third kappa shape index (κ3) is 3.44.